The van der Waals surface area contributed by atoms with Gasteiger partial charge in [0.1, 0.15) is 6.04 Å². The molecule has 0 aromatic rings. The first-order valence-electron chi connectivity index (χ1n) is 5.01. The number of hydrogen-bond acceptors (Lipinski definition) is 4. The first-order chi connectivity index (χ1) is 7.57. The van der Waals surface area contributed by atoms with Crippen LogP contribution in [0.3, 0.4) is 0 Å². The van der Waals surface area contributed by atoms with E-state index in [-0.39, 0.29) is 12.5 Å². The van der Waals surface area contributed by atoms with Crippen molar-refractivity contribution in [3.63, 3.8) is 0 Å². The van der Waals surface area contributed by atoms with Gasteiger partial charge in [0.2, 0.25) is 5.91 Å². The molecule has 0 bridgehead atoms. The fourth-order valence-electron chi connectivity index (χ4n) is 0.891. The summed E-state index contributed by atoms with van der Waals surface area (Å²) in [5.74, 6) is -1.17. The number of carboxylic acid groups (broad SMARTS) is 1. The highest BCUT2D eigenvalue weighted by atomic mass is 16.5. The van der Waals surface area contributed by atoms with Crippen LogP contribution < -0.4 is 11.1 Å². The van der Waals surface area contributed by atoms with Gasteiger partial charge in [-0.05, 0) is 6.42 Å². The van der Waals surface area contributed by atoms with Crippen LogP contribution in [0.1, 0.15) is 12.8 Å². The molecule has 0 aromatic heterocycles. The molecular weight excluding hydrogens is 212 g/mol. The molecule has 0 heterocycles. The van der Waals surface area contributed by atoms with E-state index < -0.39 is 12.0 Å². The topological polar surface area (TPSA) is 102 Å². The van der Waals surface area contributed by atoms with Crippen LogP contribution in [0, 0.1) is 0 Å². The van der Waals surface area contributed by atoms with Gasteiger partial charge < -0.3 is 20.9 Å². The first-order valence-corrected chi connectivity index (χ1v) is 5.01. The van der Waals surface area contributed by atoms with Crippen molar-refractivity contribution in [2.45, 2.75) is 18.9 Å². The number of aliphatic carboxylic acids is 1. The van der Waals surface area contributed by atoms with Crippen LogP contribution in [0.5, 0.6) is 0 Å². The summed E-state index contributed by atoms with van der Waals surface area (Å²) in [7, 11) is 0. The van der Waals surface area contributed by atoms with Gasteiger partial charge in [-0.15, -0.1) is 6.58 Å². The van der Waals surface area contributed by atoms with Crippen molar-refractivity contribution in [2.75, 3.05) is 19.8 Å². The van der Waals surface area contributed by atoms with E-state index in [2.05, 4.69) is 11.9 Å². The fourth-order valence-corrected chi connectivity index (χ4v) is 0.891. The molecular formula is C10H18N2O4. The van der Waals surface area contributed by atoms with E-state index in [1.54, 1.807) is 6.08 Å². The molecule has 1 amide bonds. The summed E-state index contributed by atoms with van der Waals surface area (Å²) < 4.78 is 5.01. The van der Waals surface area contributed by atoms with Crippen LogP contribution in [0.15, 0.2) is 12.7 Å². The molecule has 0 fully saturated rings. The predicted molar refractivity (Wildman–Crippen MR) is 58.9 cm³/mol. The van der Waals surface area contributed by atoms with Crippen molar-refractivity contribution >= 4 is 11.9 Å². The molecule has 92 valence electrons. The number of carbonyl (C=O) groups is 2. The highest BCUT2D eigenvalue weighted by Gasteiger charge is 2.10. The van der Waals surface area contributed by atoms with E-state index in [1.807, 2.05) is 0 Å². The van der Waals surface area contributed by atoms with Gasteiger partial charge in [0.05, 0.1) is 6.61 Å². The highest BCUT2D eigenvalue weighted by molar-refractivity contribution is 5.75. The van der Waals surface area contributed by atoms with E-state index in [0.717, 1.165) is 0 Å². The summed E-state index contributed by atoms with van der Waals surface area (Å²) in [6.45, 7) is 4.20. The lowest BCUT2D eigenvalue weighted by Gasteiger charge is -2.07. The van der Waals surface area contributed by atoms with Gasteiger partial charge in [-0.1, -0.05) is 6.08 Å². The quantitative estimate of drug-likeness (QED) is 0.366. The molecule has 0 aromatic carbocycles. The minimum Gasteiger partial charge on any atom is -0.480 e. The van der Waals surface area contributed by atoms with Crippen molar-refractivity contribution in [1.82, 2.24) is 5.32 Å². The number of amides is 1. The Morgan fingerprint density at radius 2 is 2.25 bits per heavy atom. The van der Waals surface area contributed by atoms with Crippen LogP contribution >= 0.6 is 0 Å². The number of nitrogens with one attached hydrogen (secondary N) is 1. The lowest BCUT2D eigenvalue weighted by atomic mass is 10.3. The Morgan fingerprint density at radius 1 is 1.56 bits per heavy atom. The fraction of sp³-hybridized carbons (Fsp3) is 0.600. The Bertz CT molecular complexity index is 243. The molecule has 0 aliphatic rings. The van der Waals surface area contributed by atoms with Gasteiger partial charge in [0.25, 0.3) is 0 Å². The lowest BCUT2D eigenvalue weighted by molar-refractivity contribution is -0.140. The average Bonchev–Trinajstić information content (AvgIpc) is 2.25. The Hall–Kier alpha value is -1.40. The summed E-state index contributed by atoms with van der Waals surface area (Å²) in [5.41, 5.74) is 5.21. The van der Waals surface area contributed by atoms with Crippen LogP contribution in [-0.4, -0.2) is 42.8 Å². The molecule has 0 aliphatic carbocycles. The molecule has 0 unspecified atom stereocenters. The van der Waals surface area contributed by atoms with Crippen molar-refractivity contribution in [1.29, 1.82) is 0 Å². The summed E-state index contributed by atoms with van der Waals surface area (Å²) in [6, 6.07) is -1.01. The van der Waals surface area contributed by atoms with Gasteiger partial charge in [0.15, 0.2) is 0 Å². The minimum absolute atomic E-state index is 0.0381. The normalized spacial score (nSPS) is 11.8. The maximum absolute atomic E-state index is 11.1. The minimum atomic E-state index is -1.09. The smallest absolute Gasteiger partial charge is 0.322 e. The highest BCUT2D eigenvalue weighted by Crippen LogP contribution is 1.91. The van der Waals surface area contributed by atoms with E-state index in [4.69, 9.17) is 15.6 Å². The van der Waals surface area contributed by atoms with Crippen molar-refractivity contribution in [2.24, 2.45) is 5.73 Å². The van der Waals surface area contributed by atoms with Crippen molar-refractivity contribution in [3.05, 3.63) is 12.7 Å². The van der Waals surface area contributed by atoms with Gasteiger partial charge >= 0.3 is 5.97 Å². The number of hydrogen-bond donors (Lipinski definition) is 3. The molecule has 0 rings (SSSR count). The first kappa shape index (κ1) is 14.6. The Kier molecular flexibility index (Phi) is 8.10. The molecule has 0 spiro atoms. The number of carboxylic acids is 1. The lowest BCUT2D eigenvalue weighted by Crippen LogP contribution is -2.35. The maximum atomic E-state index is 11.1. The van der Waals surface area contributed by atoms with Crippen molar-refractivity contribution < 1.29 is 19.4 Å². The molecule has 1 atom stereocenters. The molecule has 4 N–H and O–H groups in total. The second-order valence-electron chi connectivity index (χ2n) is 3.22. The number of ether oxygens (including phenoxy) is 1. The van der Waals surface area contributed by atoms with Gasteiger partial charge in [-0.3, -0.25) is 9.59 Å². The van der Waals surface area contributed by atoms with Crippen LogP contribution in [0.25, 0.3) is 0 Å². The zero-order valence-corrected chi connectivity index (χ0v) is 9.15. The van der Waals surface area contributed by atoms with Crippen LogP contribution in [0.2, 0.25) is 0 Å². The van der Waals surface area contributed by atoms with E-state index >= 15 is 0 Å². The number of rotatable bonds is 9. The Balaban J connectivity index is 3.36. The number of nitrogens with two attached hydrogens (primary N) is 1. The average molecular weight is 230 g/mol. The predicted octanol–water partition coefficient (Wildman–Crippen LogP) is -0.503. The molecule has 6 heteroatoms. The van der Waals surface area contributed by atoms with E-state index in [9.17, 15) is 9.59 Å². The second-order valence-corrected chi connectivity index (χ2v) is 3.22. The third-order valence-electron chi connectivity index (χ3n) is 1.75. The second kappa shape index (κ2) is 8.87. The Morgan fingerprint density at radius 3 is 2.81 bits per heavy atom. The number of carbonyl (C=O) groups excluding carboxylic acids is 1. The summed E-state index contributed by atoms with van der Waals surface area (Å²) in [5, 5.41) is 11.1. The third kappa shape index (κ3) is 7.95. The van der Waals surface area contributed by atoms with Crippen LogP contribution in [0.4, 0.5) is 0 Å². The SMILES string of the molecule is C=CCNC(=O)CCCOC[C@H](N)C(=O)O. The summed E-state index contributed by atoms with van der Waals surface area (Å²) in [6.07, 6.45) is 2.48. The van der Waals surface area contributed by atoms with E-state index in [0.29, 0.717) is 26.0 Å². The molecule has 16 heavy (non-hydrogen) atoms. The maximum Gasteiger partial charge on any atom is 0.322 e. The largest absolute Gasteiger partial charge is 0.480 e. The zero-order chi connectivity index (χ0) is 12.4. The molecule has 0 saturated heterocycles. The Labute approximate surface area is 94.5 Å². The van der Waals surface area contributed by atoms with E-state index in [1.165, 1.54) is 0 Å². The van der Waals surface area contributed by atoms with Gasteiger partial charge in [0, 0.05) is 19.6 Å². The molecule has 6 nitrogen and oxygen atoms in total. The third-order valence-corrected chi connectivity index (χ3v) is 1.75. The monoisotopic (exact) mass is 230 g/mol. The molecule has 0 saturated carbocycles. The van der Waals surface area contributed by atoms with Crippen LogP contribution in [-0.2, 0) is 14.3 Å². The molecule has 0 radical (unpaired) electrons. The van der Waals surface area contributed by atoms with Crippen molar-refractivity contribution in [3.8, 4) is 0 Å². The standard InChI is InChI=1S/C10H18N2O4/c1-2-5-12-9(13)4-3-6-16-7-8(11)10(14)15/h2,8H,1,3-7,11H2,(H,12,13)(H,14,15)/t8-/m0/s1. The van der Waals surface area contributed by atoms with Gasteiger partial charge in [-0.2, -0.15) is 0 Å². The summed E-state index contributed by atoms with van der Waals surface area (Å²) >= 11 is 0. The summed E-state index contributed by atoms with van der Waals surface area (Å²) in [4.78, 5) is 21.4. The van der Waals surface area contributed by atoms with Gasteiger partial charge in [-0.25, -0.2) is 0 Å². The molecule has 0 aliphatic heterocycles. The zero-order valence-electron chi connectivity index (χ0n) is 9.15.